The maximum atomic E-state index is 11.5. The highest BCUT2D eigenvalue weighted by molar-refractivity contribution is 7.94. The second-order valence-electron chi connectivity index (χ2n) is 4.60. The molecule has 1 aliphatic rings. The molecule has 0 aromatic heterocycles. The van der Waals surface area contributed by atoms with E-state index in [0.29, 0.717) is 0 Å². The standard InChI is InChI=1S/C13H17N3O2S/c1-10(13(9-15)19(3,17)18)12(8-14)11(2)16-6-4-5-7-16/h4-7H2,1-3H3/b12-11+,13-10-. The smallest absolute Gasteiger partial charge is 0.185 e. The number of nitriles is 2. The fourth-order valence-electron chi connectivity index (χ4n) is 2.21. The van der Waals surface area contributed by atoms with E-state index in [2.05, 4.69) is 4.90 Å². The van der Waals surface area contributed by atoms with Crippen LogP contribution in [0, 0.1) is 22.7 Å². The van der Waals surface area contributed by atoms with Gasteiger partial charge in [-0.1, -0.05) is 0 Å². The van der Waals surface area contributed by atoms with E-state index in [0.717, 1.165) is 37.9 Å². The molecular formula is C13H17N3O2S. The molecule has 0 amide bonds. The van der Waals surface area contributed by atoms with Gasteiger partial charge in [-0.3, -0.25) is 0 Å². The minimum absolute atomic E-state index is 0.233. The van der Waals surface area contributed by atoms with Crippen molar-refractivity contribution in [3.05, 3.63) is 21.7 Å². The Labute approximate surface area is 114 Å². The zero-order valence-corrected chi connectivity index (χ0v) is 12.2. The Morgan fingerprint density at radius 2 is 1.63 bits per heavy atom. The number of likely N-dealkylation sites (tertiary alicyclic amines) is 1. The Balaban J connectivity index is 3.39. The topological polar surface area (TPSA) is 85.0 Å². The number of allylic oxidation sites excluding steroid dienone is 4. The second-order valence-corrected chi connectivity index (χ2v) is 6.56. The van der Waals surface area contributed by atoms with Crippen molar-refractivity contribution < 1.29 is 8.42 Å². The first-order chi connectivity index (χ1) is 8.82. The Morgan fingerprint density at radius 1 is 1.11 bits per heavy atom. The van der Waals surface area contributed by atoms with Gasteiger partial charge in [0.2, 0.25) is 0 Å². The summed E-state index contributed by atoms with van der Waals surface area (Å²) in [5.41, 5.74) is 1.26. The highest BCUT2D eigenvalue weighted by Crippen LogP contribution is 2.24. The van der Waals surface area contributed by atoms with Crippen LogP contribution in [-0.2, 0) is 9.84 Å². The molecule has 0 aromatic carbocycles. The lowest BCUT2D eigenvalue weighted by Gasteiger charge is -2.20. The molecule has 0 bridgehead atoms. The van der Waals surface area contributed by atoms with Crippen LogP contribution in [0.4, 0.5) is 0 Å². The predicted octanol–water partition coefficient (Wildman–Crippen LogP) is 1.72. The molecule has 0 N–H and O–H groups in total. The molecule has 1 heterocycles. The molecule has 19 heavy (non-hydrogen) atoms. The van der Waals surface area contributed by atoms with Gasteiger partial charge in [-0.15, -0.1) is 0 Å². The average Bonchev–Trinajstić information content (AvgIpc) is 2.82. The molecule has 0 saturated carbocycles. The van der Waals surface area contributed by atoms with Crippen LogP contribution in [0.15, 0.2) is 21.7 Å². The fourth-order valence-corrected chi connectivity index (χ4v) is 3.03. The van der Waals surface area contributed by atoms with Gasteiger partial charge in [0, 0.05) is 25.0 Å². The van der Waals surface area contributed by atoms with Crippen molar-refractivity contribution >= 4 is 9.84 Å². The highest BCUT2D eigenvalue weighted by Gasteiger charge is 2.21. The van der Waals surface area contributed by atoms with Gasteiger partial charge in [0.15, 0.2) is 9.84 Å². The van der Waals surface area contributed by atoms with Gasteiger partial charge in [0.25, 0.3) is 0 Å². The van der Waals surface area contributed by atoms with Crippen LogP contribution >= 0.6 is 0 Å². The molecule has 1 aliphatic heterocycles. The zero-order chi connectivity index (χ0) is 14.6. The molecule has 0 atom stereocenters. The van der Waals surface area contributed by atoms with Crippen LogP contribution in [-0.4, -0.2) is 32.7 Å². The minimum atomic E-state index is -3.61. The van der Waals surface area contributed by atoms with E-state index < -0.39 is 9.84 Å². The van der Waals surface area contributed by atoms with E-state index in [4.69, 9.17) is 5.26 Å². The molecule has 1 saturated heterocycles. The van der Waals surface area contributed by atoms with Gasteiger partial charge in [0.05, 0.1) is 5.57 Å². The van der Waals surface area contributed by atoms with Crippen molar-refractivity contribution in [3.8, 4) is 12.1 Å². The number of sulfone groups is 1. The highest BCUT2D eigenvalue weighted by atomic mass is 32.2. The summed E-state index contributed by atoms with van der Waals surface area (Å²) >= 11 is 0. The van der Waals surface area contributed by atoms with Crippen molar-refractivity contribution in [2.45, 2.75) is 26.7 Å². The van der Waals surface area contributed by atoms with E-state index in [-0.39, 0.29) is 16.1 Å². The summed E-state index contributed by atoms with van der Waals surface area (Å²) in [5.74, 6) is 0. The molecule has 0 aromatic rings. The molecule has 0 radical (unpaired) electrons. The van der Waals surface area contributed by atoms with Gasteiger partial charge in [-0.2, -0.15) is 10.5 Å². The summed E-state index contributed by atoms with van der Waals surface area (Å²) in [5, 5.41) is 18.3. The van der Waals surface area contributed by atoms with Crippen LogP contribution in [0.3, 0.4) is 0 Å². The molecule has 1 fully saturated rings. The van der Waals surface area contributed by atoms with E-state index in [9.17, 15) is 13.7 Å². The van der Waals surface area contributed by atoms with Gasteiger partial charge in [-0.05, 0) is 32.3 Å². The summed E-state index contributed by atoms with van der Waals surface area (Å²) in [6.45, 7) is 5.04. The summed E-state index contributed by atoms with van der Waals surface area (Å²) in [4.78, 5) is 1.72. The molecule has 0 unspecified atom stereocenters. The van der Waals surface area contributed by atoms with Gasteiger partial charge < -0.3 is 4.90 Å². The van der Waals surface area contributed by atoms with Gasteiger partial charge in [-0.25, -0.2) is 8.42 Å². The maximum Gasteiger partial charge on any atom is 0.185 e. The van der Waals surface area contributed by atoms with Crippen molar-refractivity contribution in [1.29, 1.82) is 10.5 Å². The first-order valence-corrected chi connectivity index (χ1v) is 7.89. The number of hydrogen-bond donors (Lipinski definition) is 0. The molecule has 0 aliphatic carbocycles. The predicted molar refractivity (Wildman–Crippen MR) is 72.3 cm³/mol. The number of hydrogen-bond acceptors (Lipinski definition) is 5. The molecular weight excluding hydrogens is 262 g/mol. The van der Waals surface area contributed by atoms with Crippen molar-refractivity contribution in [2.75, 3.05) is 19.3 Å². The SMILES string of the molecule is CC(/C(C#N)=C(\C)N1CCCC1)=C(\C#N)S(C)(=O)=O. The number of rotatable bonds is 3. The largest absolute Gasteiger partial charge is 0.374 e. The maximum absolute atomic E-state index is 11.5. The van der Waals surface area contributed by atoms with Gasteiger partial charge in [0.1, 0.15) is 17.0 Å². The zero-order valence-electron chi connectivity index (χ0n) is 11.4. The van der Waals surface area contributed by atoms with E-state index in [1.165, 1.54) is 6.92 Å². The lowest BCUT2D eigenvalue weighted by Crippen LogP contribution is -2.19. The average molecular weight is 279 g/mol. The molecule has 0 spiro atoms. The van der Waals surface area contributed by atoms with Crippen LogP contribution in [0.2, 0.25) is 0 Å². The monoisotopic (exact) mass is 279 g/mol. The van der Waals surface area contributed by atoms with Gasteiger partial charge >= 0.3 is 0 Å². The van der Waals surface area contributed by atoms with Crippen LogP contribution < -0.4 is 0 Å². The van der Waals surface area contributed by atoms with E-state index in [1.54, 1.807) is 13.0 Å². The molecule has 102 valence electrons. The van der Waals surface area contributed by atoms with Crippen LogP contribution in [0.5, 0.6) is 0 Å². The normalized spacial score (nSPS) is 18.3. The van der Waals surface area contributed by atoms with E-state index >= 15 is 0 Å². The second kappa shape index (κ2) is 5.90. The van der Waals surface area contributed by atoms with Crippen molar-refractivity contribution in [1.82, 2.24) is 4.90 Å². The fraction of sp³-hybridized carbons (Fsp3) is 0.538. The summed E-state index contributed by atoms with van der Waals surface area (Å²) in [6, 6.07) is 3.72. The lowest BCUT2D eigenvalue weighted by atomic mass is 10.1. The third-order valence-corrected chi connectivity index (χ3v) is 4.38. The minimum Gasteiger partial charge on any atom is -0.374 e. The first-order valence-electron chi connectivity index (χ1n) is 6.00. The Kier molecular flexibility index (Phi) is 4.74. The summed E-state index contributed by atoms with van der Waals surface area (Å²) in [7, 11) is -3.61. The first kappa shape index (κ1) is 15.3. The summed E-state index contributed by atoms with van der Waals surface area (Å²) in [6.07, 6.45) is 3.11. The third kappa shape index (κ3) is 3.36. The lowest BCUT2D eigenvalue weighted by molar-refractivity contribution is 0.425. The quantitative estimate of drug-likeness (QED) is 0.580. The molecule has 1 rings (SSSR count). The molecule has 5 nitrogen and oxygen atoms in total. The van der Waals surface area contributed by atoms with E-state index in [1.807, 2.05) is 6.07 Å². The number of nitrogens with zero attached hydrogens (tertiary/aromatic N) is 3. The summed E-state index contributed by atoms with van der Waals surface area (Å²) < 4.78 is 23.1. The Hall–Kier alpha value is -1.79. The Morgan fingerprint density at radius 3 is 2.00 bits per heavy atom. The molecule has 6 heteroatoms. The Bertz CT molecular complexity index is 609. The van der Waals surface area contributed by atoms with Crippen LogP contribution in [0.25, 0.3) is 0 Å². The van der Waals surface area contributed by atoms with Crippen LogP contribution in [0.1, 0.15) is 26.7 Å². The van der Waals surface area contributed by atoms with Crippen molar-refractivity contribution in [3.63, 3.8) is 0 Å². The third-order valence-electron chi connectivity index (χ3n) is 3.24. The van der Waals surface area contributed by atoms with Crippen molar-refractivity contribution in [2.24, 2.45) is 0 Å².